The number of imidazole rings is 1. The first-order valence-corrected chi connectivity index (χ1v) is 6.69. The van der Waals surface area contributed by atoms with Crippen LogP contribution >= 0.6 is 11.6 Å². The molecule has 1 aliphatic carbocycles. The zero-order chi connectivity index (χ0) is 11.8. The van der Waals surface area contributed by atoms with Gasteiger partial charge in [0.2, 0.25) is 0 Å². The Bertz CT molecular complexity index is 543. The first-order chi connectivity index (χ1) is 8.29. The highest BCUT2D eigenvalue weighted by atomic mass is 35.5. The predicted octanol–water partition coefficient (Wildman–Crippen LogP) is 2.93. The van der Waals surface area contributed by atoms with Gasteiger partial charge in [-0.05, 0) is 37.3 Å². The molecule has 0 saturated heterocycles. The number of hydrogen-bond acceptors (Lipinski definition) is 2. The zero-order valence-corrected chi connectivity index (χ0v) is 10.7. The summed E-state index contributed by atoms with van der Waals surface area (Å²) in [5, 5.41) is 0. The van der Waals surface area contributed by atoms with Crippen molar-refractivity contribution in [2.24, 2.45) is 5.92 Å². The number of alkyl halides is 1. The summed E-state index contributed by atoms with van der Waals surface area (Å²) in [5.74, 6) is 2.53. The minimum atomic E-state index is 0.618. The minimum Gasteiger partial charge on any atom is -0.312 e. The quantitative estimate of drug-likeness (QED) is 0.780. The van der Waals surface area contributed by atoms with Crippen LogP contribution in [0.25, 0.3) is 11.2 Å². The first-order valence-electron chi connectivity index (χ1n) is 6.16. The number of hydrogen-bond donors (Lipinski definition) is 0. The first kappa shape index (κ1) is 11.0. The van der Waals surface area contributed by atoms with Crippen molar-refractivity contribution in [2.45, 2.75) is 32.7 Å². The lowest BCUT2D eigenvalue weighted by Crippen LogP contribution is -2.06. The number of fused-ring (bicyclic) bond motifs is 1. The van der Waals surface area contributed by atoms with Crippen molar-refractivity contribution in [3.05, 3.63) is 23.7 Å². The number of pyridine rings is 1. The maximum atomic E-state index is 5.85. The van der Waals surface area contributed by atoms with Gasteiger partial charge in [-0.1, -0.05) is 0 Å². The Balaban J connectivity index is 2.12. The molecule has 0 unspecified atom stereocenters. The second-order valence-corrected chi connectivity index (χ2v) is 5.20. The van der Waals surface area contributed by atoms with E-state index in [9.17, 15) is 0 Å². The summed E-state index contributed by atoms with van der Waals surface area (Å²) in [4.78, 5) is 9.18. The molecule has 90 valence electrons. The Morgan fingerprint density at radius 1 is 1.47 bits per heavy atom. The number of aryl methyl sites for hydroxylation is 2. The molecule has 0 N–H and O–H groups in total. The molecule has 3 nitrogen and oxygen atoms in total. The number of nitrogens with zero attached hydrogens (tertiary/aromatic N) is 3. The van der Waals surface area contributed by atoms with Crippen LogP contribution in [-0.4, -0.2) is 20.4 Å². The van der Waals surface area contributed by atoms with Crippen molar-refractivity contribution in [3.63, 3.8) is 0 Å². The normalized spacial score (nSPS) is 15.6. The second-order valence-electron chi connectivity index (χ2n) is 4.82. The van der Waals surface area contributed by atoms with Crippen molar-refractivity contribution in [1.82, 2.24) is 14.5 Å². The van der Waals surface area contributed by atoms with Gasteiger partial charge in [-0.25, -0.2) is 9.97 Å². The fraction of sp³-hybridized carbons (Fsp3) is 0.538. The second kappa shape index (κ2) is 4.30. The molecular weight excluding hydrogens is 234 g/mol. The number of halogens is 1. The third-order valence-electron chi connectivity index (χ3n) is 3.37. The third-order valence-corrected chi connectivity index (χ3v) is 3.56. The molecule has 1 aliphatic rings. The van der Waals surface area contributed by atoms with E-state index in [1.54, 1.807) is 0 Å². The highest BCUT2D eigenvalue weighted by molar-refractivity contribution is 6.17. The van der Waals surface area contributed by atoms with Crippen LogP contribution < -0.4 is 0 Å². The van der Waals surface area contributed by atoms with Gasteiger partial charge in [0.15, 0.2) is 5.65 Å². The van der Waals surface area contributed by atoms with Gasteiger partial charge in [0, 0.05) is 25.0 Å². The van der Waals surface area contributed by atoms with Gasteiger partial charge in [0.05, 0.1) is 0 Å². The van der Waals surface area contributed by atoms with Gasteiger partial charge in [-0.15, -0.1) is 11.6 Å². The number of rotatable bonds is 4. The Labute approximate surface area is 106 Å². The van der Waals surface area contributed by atoms with E-state index in [2.05, 4.69) is 16.5 Å². The summed E-state index contributed by atoms with van der Waals surface area (Å²) < 4.78 is 2.27. The Morgan fingerprint density at radius 2 is 2.29 bits per heavy atom. The fourth-order valence-corrected chi connectivity index (χ4v) is 2.38. The number of aromatic nitrogens is 3. The van der Waals surface area contributed by atoms with Crippen LogP contribution in [0.3, 0.4) is 0 Å². The molecule has 0 spiro atoms. The highest BCUT2D eigenvalue weighted by Crippen LogP contribution is 2.32. The van der Waals surface area contributed by atoms with E-state index >= 15 is 0 Å². The summed E-state index contributed by atoms with van der Waals surface area (Å²) in [6, 6.07) is 2.02. The van der Waals surface area contributed by atoms with Crippen molar-refractivity contribution in [3.8, 4) is 0 Å². The smallest absolute Gasteiger partial charge is 0.160 e. The van der Waals surface area contributed by atoms with Crippen molar-refractivity contribution < 1.29 is 0 Å². The van der Waals surface area contributed by atoms with E-state index in [1.807, 2.05) is 12.3 Å². The molecular formula is C13H16ClN3. The van der Waals surface area contributed by atoms with Crippen LogP contribution in [0, 0.1) is 12.8 Å². The average molecular weight is 250 g/mol. The van der Waals surface area contributed by atoms with E-state index in [1.165, 1.54) is 18.4 Å². The Kier molecular flexibility index (Phi) is 2.79. The van der Waals surface area contributed by atoms with Gasteiger partial charge in [-0.3, -0.25) is 0 Å². The van der Waals surface area contributed by atoms with Gasteiger partial charge in [0.25, 0.3) is 0 Å². The average Bonchev–Trinajstić information content (AvgIpc) is 3.05. The van der Waals surface area contributed by atoms with E-state index < -0.39 is 0 Å². The van der Waals surface area contributed by atoms with Gasteiger partial charge in [-0.2, -0.15) is 0 Å². The molecule has 1 fully saturated rings. The largest absolute Gasteiger partial charge is 0.312 e. The molecule has 0 aromatic carbocycles. The molecule has 17 heavy (non-hydrogen) atoms. The minimum absolute atomic E-state index is 0.618. The summed E-state index contributed by atoms with van der Waals surface area (Å²) in [7, 11) is 0. The SMILES string of the molecule is Cc1ccnc2c1nc(CCCl)n2CC1CC1. The van der Waals surface area contributed by atoms with Crippen molar-refractivity contribution in [2.75, 3.05) is 5.88 Å². The van der Waals surface area contributed by atoms with Crippen molar-refractivity contribution >= 4 is 22.8 Å². The molecule has 2 heterocycles. The van der Waals surface area contributed by atoms with E-state index in [-0.39, 0.29) is 0 Å². The maximum Gasteiger partial charge on any atom is 0.160 e. The molecule has 3 rings (SSSR count). The molecule has 2 aromatic heterocycles. The summed E-state index contributed by atoms with van der Waals surface area (Å²) in [6.07, 6.45) is 5.37. The van der Waals surface area contributed by atoms with Crippen LogP contribution in [0.2, 0.25) is 0 Å². The molecule has 2 aromatic rings. The summed E-state index contributed by atoms with van der Waals surface area (Å²) in [6.45, 7) is 3.14. The van der Waals surface area contributed by atoms with E-state index in [4.69, 9.17) is 16.6 Å². The molecule has 0 radical (unpaired) electrons. The molecule has 1 saturated carbocycles. The van der Waals surface area contributed by atoms with Crippen molar-refractivity contribution in [1.29, 1.82) is 0 Å². The van der Waals surface area contributed by atoms with Crippen LogP contribution in [-0.2, 0) is 13.0 Å². The standard InChI is InChI=1S/C13H16ClN3/c1-9-5-7-15-13-12(9)16-11(4-6-14)17(13)8-10-2-3-10/h5,7,10H,2-4,6,8H2,1H3. The summed E-state index contributed by atoms with van der Waals surface area (Å²) >= 11 is 5.85. The molecule has 0 bridgehead atoms. The van der Waals surface area contributed by atoms with Crippen LogP contribution in [0.15, 0.2) is 12.3 Å². The van der Waals surface area contributed by atoms with Crippen LogP contribution in [0.4, 0.5) is 0 Å². The monoisotopic (exact) mass is 249 g/mol. The maximum absolute atomic E-state index is 5.85. The lowest BCUT2D eigenvalue weighted by Gasteiger charge is -2.06. The van der Waals surface area contributed by atoms with Gasteiger partial charge >= 0.3 is 0 Å². The Morgan fingerprint density at radius 3 is 3.00 bits per heavy atom. The highest BCUT2D eigenvalue weighted by Gasteiger charge is 2.24. The van der Waals surface area contributed by atoms with Gasteiger partial charge < -0.3 is 4.57 Å². The van der Waals surface area contributed by atoms with Crippen LogP contribution in [0.1, 0.15) is 24.2 Å². The van der Waals surface area contributed by atoms with Crippen LogP contribution in [0.5, 0.6) is 0 Å². The predicted molar refractivity (Wildman–Crippen MR) is 69.4 cm³/mol. The third kappa shape index (κ3) is 2.04. The zero-order valence-electron chi connectivity index (χ0n) is 9.99. The van der Waals surface area contributed by atoms with Gasteiger partial charge in [0.1, 0.15) is 11.3 Å². The lowest BCUT2D eigenvalue weighted by atomic mass is 10.3. The molecule has 0 amide bonds. The Hall–Kier alpha value is -1.09. The molecule has 0 aliphatic heterocycles. The molecule has 0 atom stereocenters. The topological polar surface area (TPSA) is 30.7 Å². The summed E-state index contributed by atoms with van der Waals surface area (Å²) in [5.41, 5.74) is 3.26. The van der Waals surface area contributed by atoms with E-state index in [0.29, 0.717) is 5.88 Å². The fourth-order valence-electron chi connectivity index (χ4n) is 2.21. The van der Waals surface area contributed by atoms with E-state index in [0.717, 1.165) is 35.9 Å². The lowest BCUT2D eigenvalue weighted by molar-refractivity contribution is 0.611. The molecule has 4 heteroatoms.